The number of anilines is 1. The molecule has 0 saturated heterocycles. The maximum absolute atomic E-state index is 14.1. The zero-order valence-electron chi connectivity index (χ0n) is 17.7. The van der Waals surface area contributed by atoms with Crippen LogP contribution in [0.4, 0.5) is 19.1 Å². The number of nitrogen functional groups attached to an aromatic ring is 1. The highest BCUT2D eigenvalue weighted by Crippen LogP contribution is 2.35. The lowest BCUT2D eigenvalue weighted by molar-refractivity contribution is 0.584. The Hall–Kier alpha value is -4.54. The van der Waals surface area contributed by atoms with E-state index in [0.717, 1.165) is 18.2 Å². The minimum Gasteiger partial charge on any atom is -0.368 e. The van der Waals surface area contributed by atoms with E-state index in [1.54, 1.807) is 19.3 Å². The van der Waals surface area contributed by atoms with Gasteiger partial charge in [-0.15, -0.1) is 5.10 Å². The molecule has 0 saturated carbocycles. The molecular weight excluding hydrogens is 447 g/mol. The minimum absolute atomic E-state index is 0.0234. The topological polar surface area (TPSA) is 104 Å². The van der Waals surface area contributed by atoms with E-state index in [1.165, 1.54) is 33.5 Å². The van der Waals surface area contributed by atoms with Gasteiger partial charge in [-0.1, -0.05) is 0 Å². The Balaban J connectivity index is 1.79. The molecule has 0 unspecified atom stereocenters. The van der Waals surface area contributed by atoms with Crippen LogP contribution in [-0.2, 0) is 13.5 Å². The van der Waals surface area contributed by atoms with Crippen LogP contribution in [0.25, 0.3) is 28.0 Å². The summed E-state index contributed by atoms with van der Waals surface area (Å²) >= 11 is 0. The fraction of sp³-hybridized carbons (Fsp3) is 0.0870. The highest BCUT2D eigenvalue weighted by molar-refractivity contribution is 5.90. The average Bonchev–Trinajstić information content (AvgIpc) is 3.21. The largest absolute Gasteiger partial charge is 0.368 e. The third-order valence-electron chi connectivity index (χ3n) is 5.23. The fourth-order valence-electron chi connectivity index (χ4n) is 3.68. The molecule has 0 fully saturated rings. The van der Waals surface area contributed by atoms with Crippen molar-refractivity contribution >= 4 is 11.6 Å². The third kappa shape index (κ3) is 3.76. The minimum atomic E-state index is -0.797. The van der Waals surface area contributed by atoms with Crippen LogP contribution in [0.3, 0.4) is 0 Å². The van der Waals surface area contributed by atoms with Crippen LogP contribution in [-0.4, -0.2) is 29.1 Å². The number of halogens is 3. The van der Waals surface area contributed by atoms with Crippen LogP contribution < -0.4 is 11.3 Å². The van der Waals surface area contributed by atoms with Crippen LogP contribution >= 0.6 is 0 Å². The molecule has 0 atom stereocenters. The number of hydrogen-bond donors (Lipinski definition) is 1. The molecular formula is C23H16F3N7O. The predicted molar refractivity (Wildman–Crippen MR) is 118 cm³/mol. The van der Waals surface area contributed by atoms with Crippen LogP contribution in [0, 0.1) is 17.5 Å². The molecule has 0 aliphatic heterocycles. The molecule has 0 aliphatic carbocycles. The lowest BCUT2D eigenvalue weighted by Crippen LogP contribution is -2.14. The molecule has 5 aromatic rings. The van der Waals surface area contributed by atoms with Gasteiger partial charge in [0, 0.05) is 42.7 Å². The number of nitrogens with zero attached hydrogens (tertiary/aromatic N) is 6. The zero-order chi connectivity index (χ0) is 24.0. The lowest BCUT2D eigenvalue weighted by atomic mass is 10.0. The van der Waals surface area contributed by atoms with Gasteiger partial charge in [-0.25, -0.2) is 23.1 Å². The van der Waals surface area contributed by atoms with E-state index in [-0.39, 0.29) is 46.4 Å². The van der Waals surface area contributed by atoms with Crippen molar-refractivity contribution in [1.82, 2.24) is 29.1 Å². The van der Waals surface area contributed by atoms with E-state index in [9.17, 15) is 18.0 Å². The van der Waals surface area contributed by atoms with Crippen LogP contribution in [0.15, 0.2) is 59.7 Å². The van der Waals surface area contributed by atoms with Gasteiger partial charge >= 0.3 is 0 Å². The first-order valence-corrected chi connectivity index (χ1v) is 10.1. The number of nitrogens with two attached hydrogens (primary N) is 1. The Morgan fingerprint density at radius 1 is 1.00 bits per heavy atom. The van der Waals surface area contributed by atoms with E-state index in [1.807, 2.05) is 0 Å². The standard InChI is InChI=1S/C23H16F3N7O/c1-32-11-12(4-5-19(32)34)20-21(13-7-14(24)9-15(25)8-13)30-23(27)33-22(20)29-18(31-33)10-17-16(26)3-2-6-28-17/h2-9,11H,10H2,1H3,(H2,27,30). The molecule has 2 N–H and O–H groups in total. The SMILES string of the molecule is Cn1cc(-c2c(-c3cc(F)cc(F)c3)nc(N)n3nc(Cc4ncccc4F)nc23)ccc1=O. The summed E-state index contributed by atoms with van der Waals surface area (Å²) in [6.07, 6.45) is 2.97. The Bertz CT molecular complexity index is 1610. The second kappa shape index (κ2) is 8.10. The van der Waals surface area contributed by atoms with Gasteiger partial charge in [-0.3, -0.25) is 9.78 Å². The summed E-state index contributed by atoms with van der Waals surface area (Å²) in [6.45, 7) is 0. The van der Waals surface area contributed by atoms with Crippen molar-refractivity contribution in [3.05, 3.63) is 94.2 Å². The van der Waals surface area contributed by atoms with Gasteiger partial charge in [0.25, 0.3) is 0 Å². The molecule has 0 amide bonds. The normalized spacial score (nSPS) is 11.3. The first-order valence-electron chi connectivity index (χ1n) is 10.1. The summed E-state index contributed by atoms with van der Waals surface area (Å²) in [5.41, 5.74) is 7.32. The maximum Gasteiger partial charge on any atom is 0.250 e. The van der Waals surface area contributed by atoms with Crippen molar-refractivity contribution in [3.8, 4) is 22.4 Å². The highest BCUT2D eigenvalue weighted by Gasteiger charge is 2.22. The fourth-order valence-corrected chi connectivity index (χ4v) is 3.68. The zero-order valence-corrected chi connectivity index (χ0v) is 17.7. The number of rotatable bonds is 4. The molecule has 170 valence electrons. The van der Waals surface area contributed by atoms with E-state index in [4.69, 9.17) is 5.73 Å². The third-order valence-corrected chi connectivity index (χ3v) is 5.23. The molecule has 1 aromatic carbocycles. The van der Waals surface area contributed by atoms with E-state index in [2.05, 4.69) is 20.1 Å². The van der Waals surface area contributed by atoms with Gasteiger partial charge in [-0.05, 0) is 30.3 Å². The maximum atomic E-state index is 14.1. The summed E-state index contributed by atoms with van der Waals surface area (Å²) in [7, 11) is 1.56. The first-order chi connectivity index (χ1) is 16.3. The van der Waals surface area contributed by atoms with Crippen molar-refractivity contribution in [2.75, 3.05) is 5.73 Å². The summed E-state index contributed by atoms with van der Waals surface area (Å²) in [4.78, 5) is 24.8. The predicted octanol–water partition coefficient (Wildman–Crippen LogP) is 3.14. The molecule has 0 spiro atoms. The van der Waals surface area contributed by atoms with Gasteiger partial charge in [0.1, 0.15) is 17.5 Å². The molecule has 4 aromatic heterocycles. The van der Waals surface area contributed by atoms with Crippen molar-refractivity contribution in [2.45, 2.75) is 6.42 Å². The van der Waals surface area contributed by atoms with Gasteiger partial charge in [0.15, 0.2) is 11.5 Å². The number of pyridine rings is 2. The molecule has 8 nitrogen and oxygen atoms in total. The molecule has 34 heavy (non-hydrogen) atoms. The second-order valence-electron chi connectivity index (χ2n) is 7.59. The number of aryl methyl sites for hydroxylation is 1. The molecule has 0 aliphatic rings. The quantitative estimate of drug-likeness (QED) is 0.439. The number of hydrogen-bond acceptors (Lipinski definition) is 6. The smallest absolute Gasteiger partial charge is 0.250 e. The summed E-state index contributed by atoms with van der Waals surface area (Å²) in [6, 6.07) is 8.62. The average molecular weight is 463 g/mol. The Kier molecular flexibility index (Phi) is 5.08. The summed E-state index contributed by atoms with van der Waals surface area (Å²) in [5.74, 6) is -1.99. The van der Waals surface area contributed by atoms with Crippen LogP contribution in [0.1, 0.15) is 11.5 Å². The number of aromatic nitrogens is 6. The Labute approximate surface area is 190 Å². The Morgan fingerprint density at radius 3 is 2.47 bits per heavy atom. The summed E-state index contributed by atoms with van der Waals surface area (Å²) < 4.78 is 44.8. The van der Waals surface area contributed by atoms with Gasteiger partial charge < -0.3 is 10.3 Å². The first kappa shape index (κ1) is 21.3. The highest BCUT2D eigenvalue weighted by atomic mass is 19.1. The van der Waals surface area contributed by atoms with E-state index < -0.39 is 17.5 Å². The van der Waals surface area contributed by atoms with Crippen LogP contribution in [0.5, 0.6) is 0 Å². The van der Waals surface area contributed by atoms with Gasteiger partial charge in [0.2, 0.25) is 11.5 Å². The van der Waals surface area contributed by atoms with Gasteiger partial charge in [-0.2, -0.15) is 4.52 Å². The van der Waals surface area contributed by atoms with Crippen molar-refractivity contribution in [1.29, 1.82) is 0 Å². The van der Waals surface area contributed by atoms with E-state index in [0.29, 0.717) is 11.1 Å². The van der Waals surface area contributed by atoms with Crippen molar-refractivity contribution in [2.24, 2.45) is 7.05 Å². The molecule has 4 heterocycles. The van der Waals surface area contributed by atoms with Crippen molar-refractivity contribution < 1.29 is 13.2 Å². The molecule has 0 radical (unpaired) electrons. The number of fused-ring (bicyclic) bond motifs is 1. The second-order valence-corrected chi connectivity index (χ2v) is 7.59. The lowest BCUT2D eigenvalue weighted by Gasteiger charge is -2.13. The van der Waals surface area contributed by atoms with Crippen molar-refractivity contribution in [3.63, 3.8) is 0 Å². The van der Waals surface area contributed by atoms with E-state index >= 15 is 0 Å². The monoisotopic (exact) mass is 463 g/mol. The Morgan fingerprint density at radius 2 is 1.76 bits per heavy atom. The van der Waals surface area contributed by atoms with Gasteiger partial charge in [0.05, 0.1) is 23.4 Å². The molecule has 11 heteroatoms. The molecule has 0 bridgehead atoms. The summed E-state index contributed by atoms with van der Waals surface area (Å²) in [5, 5.41) is 4.34. The molecule has 5 rings (SSSR count). The van der Waals surface area contributed by atoms with Crippen LogP contribution in [0.2, 0.25) is 0 Å². The number of benzene rings is 1.